The highest BCUT2D eigenvalue weighted by Gasteiger charge is 2.30. The van der Waals surface area contributed by atoms with Crippen LogP contribution < -0.4 is 5.32 Å². The standard InChI is InChI=1S/C29H31BrCl2N2O2S/c1-3-20(2)33-29(36)27(16-21-7-5-4-6-8-21)34(17-22-9-12-24(30)13-10-22)28(35)19-37-18-23-11-14-25(31)26(32)15-23/h4-15,20,27H,3,16-19H2,1-2H3,(H,33,36)/t20-,27+/m0/s1. The van der Waals surface area contributed by atoms with Gasteiger partial charge in [0.2, 0.25) is 11.8 Å². The lowest BCUT2D eigenvalue weighted by Gasteiger charge is -2.32. The van der Waals surface area contributed by atoms with Crippen LogP contribution >= 0.6 is 50.9 Å². The monoisotopic (exact) mass is 620 g/mol. The number of rotatable bonds is 12. The van der Waals surface area contributed by atoms with Gasteiger partial charge in [0, 0.05) is 29.2 Å². The Balaban J connectivity index is 1.84. The van der Waals surface area contributed by atoms with Gasteiger partial charge in [-0.25, -0.2) is 0 Å². The molecule has 3 rings (SSSR count). The molecule has 0 saturated heterocycles. The molecule has 2 amide bonds. The summed E-state index contributed by atoms with van der Waals surface area (Å²) in [4.78, 5) is 28.9. The van der Waals surface area contributed by atoms with E-state index < -0.39 is 6.04 Å². The minimum Gasteiger partial charge on any atom is -0.352 e. The van der Waals surface area contributed by atoms with E-state index in [0.717, 1.165) is 27.6 Å². The Morgan fingerprint density at radius 1 is 0.946 bits per heavy atom. The van der Waals surface area contributed by atoms with Crippen molar-refractivity contribution >= 4 is 62.7 Å². The van der Waals surface area contributed by atoms with Crippen LogP contribution in [0.4, 0.5) is 0 Å². The first-order valence-electron chi connectivity index (χ1n) is 12.2. The van der Waals surface area contributed by atoms with Crippen molar-refractivity contribution in [2.24, 2.45) is 0 Å². The largest absolute Gasteiger partial charge is 0.352 e. The number of benzene rings is 3. The van der Waals surface area contributed by atoms with Crippen molar-refractivity contribution in [3.05, 3.63) is 104 Å². The second kappa shape index (κ2) is 14.8. The number of nitrogens with zero attached hydrogens (tertiary/aromatic N) is 1. The fourth-order valence-electron chi connectivity index (χ4n) is 3.75. The molecule has 0 saturated carbocycles. The lowest BCUT2D eigenvalue weighted by molar-refractivity contribution is -0.139. The predicted octanol–water partition coefficient (Wildman–Crippen LogP) is 7.54. The Kier molecular flexibility index (Phi) is 11.8. The molecular weight excluding hydrogens is 591 g/mol. The maximum absolute atomic E-state index is 13.7. The minimum absolute atomic E-state index is 0.0134. The SMILES string of the molecule is CC[C@H](C)NC(=O)[C@@H](Cc1ccccc1)N(Cc1ccc(Br)cc1)C(=O)CSCc1ccc(Cl)c(Cl)c1. The second-order valence-corrected chi connectivity index (χ2v) is 11.6. The van der Waals surface area contributed by atoms with Crippen LogP contribution in [0, 0.1) is 0 Å². The number of carbonyl (C=O) groups excluding carboxylic acids is 2. The first-order valence-corrected chi connectivity index (χ1v) is 14.9. The number of amides is 2. The molecule has 1 N–H and O–H groups in total. The molecule has 0 aromatic heterocycles. The average Bonchev–Trinajstić information content (AvgIpc) is 2.89. The van der Waals surface area contributed by atoms with Gasteiger partial charge in [0.1, 0.15) is 6.04 Å². The fourth-order valence-corrected chi connectivity index (χ4v) is 5.19. The topological polar surface area (TPSA) is 49.4 Å². The van der Waals surface area contributed by atoms with Gasteiger partial charge in [0.05, 0.1) is 15.8 Å². The van der Waals surface area contributed by atoms with Crippen LogP contribution in [0.5, 0.6) is 0 Å². The van der Waals surface area contributed by atoms with Crippen molar-refractivity contribution in [3.63, 3.8) is 0 Å². The fraction of sp³-hybridized carbons (Fsp3) is 0.310. The molecule has 4 nitrogen and oxygen atoms in total. The first kappa shape index (κ1) is 29.6. The third-order valence-electron chi connectivity index (χ3n) is 6.02. The Bertz CT molecular complexity index is 1180. The smallest absolute Gasteiger partial charge is 0.243 e. The number of carbonyl (C=O) groups is 2. The summed E-state index contributed by atoms with van der Waals surface area (Å²) < 4.78 is 0.960. The van der Waals surface area contributed by atoms with Crippen LogP contribution in [0.15, 0.2) is 77.3 Å². The highest BCUT2D eigenvalue weighted by molar-refractivity contribution is 9.10. The van der Waals surface area contributed by atoms with Gasteiger partial charge in [-0.3, -0.25) is 9.59 Å². The molecule has 3 aromatic carbocycles. The quantitative estimate of drug-likeness (QED) is 0.227. The zero-order chi connectivity index (χ0) is 26.8. The lowest BCUT2D eigenvalue weighted by Crippen LogP contribution is -2.52. The van der Waals surface area contributed by atoms with Gasteiger partial charge in [-0.1, -0.05) is 94.6 Å². The van der Waals surface area contributed by atoms with Gasteiger partial charge in [0.15, 0.2) is 0 Å². The summed E-state index contributed by atoms with van der Waals surface area (Å²) in [6.07, 6.45) is 1.24. The molecule has 0 aliphatic rings. The molecule has 0 heterocycles. The summed E-state index contributed by atoms with van der Waals surface area (Å²) >= 11 is 17.1. The Morgan fingerprint density at radius 2 is 1.62 bits per heavy atom. The summed E-state index contributed by atoms with van der Waals surface area (Å²) in [5.74, 6) is 0.613. The predicted molar refractivity (Wildman–Crippen MR) is 159 cm³/mol. The van der Waals surface area contributed by atoms with Gasteiger partial charge in [-0.05, 0) is 54.3 Å². The highest BCUT2D eigenvalue weighted by atomic mass is 79.9. The summed E-state index contributed by atoms with van der Waals surface area (Å²) in [6.45, 7) is 4.35. The van der Waals surface area contributed by atoms with Crippen molar-refractivity contribution in [1.29, 1.82) is 0 Å². The summed E-state index contributed by atoms with van der Waals surface area (Å²) in [6, 6.07) is 22.5. The first-order chi connectivity index (χ1) is 17.8. The van der Waals surface area contributed by atoms with E-state index in [9.17, 15) is 9.59 Å². The molecule has 0 unspecified atom stereocenters. The zero-order valence-corrected chi connectivity index (χ0v) is 24.8. The highest BCUT2D eigenvalue weighted by Crippen LogP contribution is 2.25. The number of hydrogen-bond acceptors (Lipinski definition) is 3. The zero-order valence-electron chi connectivity index (χ0n) is 20.9. The number of hydrogen-bond donors (Lipinski definition) is 1. The van der Waals surface area contributed by atoms with E-state index in [1.165, 1.54) is 11.8 Å². The van der Waals surface area contributed by atoms with Gasteiger partial charge in [0.25, 0.3) is 0 Å². The maximum Gasteiger partial charge on any atom is 0.243 e. The van der Waals surface area contributed by atoms with E-state index >= 15 is 0 Å². The van der Waals surface area contributed by atoms with E-state index in [1.807, 2.05) is 80.6 Å². The summed E-state index contributed by atoms with van der Waals surface area (Å²) in [5.41, 5.74) is 2.95. The molecule has 196 valence electrons. The van der Waals surface area contributed by atoms with Crippen molar-refractivity contribution in [2.75, 3.05) is 5.75 Å². The Hall–Kier alpha value is -1.99. The van der Waals surface area contributed by atoms with Crippen molar-refractivity contribution in [1.82, 2.24) is 10.2 Å². The normalized spacial score (nSPS) is 12.6. The van der Waals surface area contributed by atoms with E-state index in [4.69, 9.17) is 23.2 Å². The van der Waals surface area contributed by atoms with E-state index in [0.29, 0.717) is 28.8 Å². The molecule has 0 radical (unpaired) electrons. The van der Waals surface area contributed by atoms with E-state index in [2.05, 4.69) is 21.2 Å². The Labute approximate surface area is 242 Å². The van der Waals surface area contributed by atoms with Gasteiger partial charge >= 0.3 is 0 Å². The minimum atomic E-state index is -0.641. The summed E-state index contributed by atoms with van der Waals surface area (Å²) in [7, 11) is 0. The van der Waals surface area contributed by atoms with Gasteiger partial charge < -0.3 is 10.2 Å². The van der Waals surface area contributed by atoms with E-state index in [1.54, 1.807) is 11.0 Å². The molecule has 0 aliphatic heterocycles. The van der Waals surface area contributed by atoms with Crippen LogP contribution in [-0.4, -0.2) is 34.6 Å². The molecule has 37 heavy (non-hydrogen) atoms. The lowest BCUT2D eigenvalue weighted by atomic mass is 10.0. The third-order valence-corrected chi connectivity index (χ3v) is 8.27. The summed E-state index contributed by atoms with van der Waals surface area (Å²) in [5, 5.41) is 4.10. The number of halogens is 3. The molecule has 0 spiro atoms. The number of thioether (sulfide) groups is 1. The van der Waals surface area contributed by atoms with Crippen molar-refractivity contribution < 1.29 is 9.59 Å². The Morgan fingerprint density at radius 3 is 2.27 bits per heavy atom. The molecule has 0 bridgehead atoms. The van der Waals surface area contributed by atoms with Crippen molar-refractivity contribution in [3.8, 4) is 0 Å². The van der Waals surface area contributed by atoms with Gasteiger partial charge in [-0.15, -0.1) is 11.8 Å². The molecule has 2 atom stereocenters. The van der Waals surface area contributed by atoms with Crippen LogP contribution in [-0.2, 0) is 28.3 Å². The van der Waals surface area contributed by atoms with E-state index in [-0.39, 0.29) is 23.6 Å². The third kappa shape index (κ3) is 9.36. The molecular formula is C29H31BrCl2N2O2S. The van der Waals surface area contributed by atoms with Crippen LogP contribution in [0.1, 0.15) is 37.0 Å². The maximum atomic E-state index is 13.7. The van der Waals surface area contributed by atoms with Crippen LogP contribution in [0.3, 0.4) is 0 Å². The molecule has 0 fully saturated rings. The molecule has 0 aliphatic carbocycles. The van der Waals surface area contributed by atoms with Gasteiger partial charge in [-0.2, -0.15) is 0 Å². The second-order valence-electron chi connectivity index (χ2n) is 8.91. The number of nitrogens with one attached hydrogen (secondary N) is 1. The molecule has 8 heteroatoms. The average molecular weight is 622 g/mol. The molecule has 3 aromatic rings. The van der Waals surface area contributed by atoms with Crippen LogP contribution in [0.2, 0.25) is 10.0 Å². The van der Waals surface area contributed by atoms with Crippen LogP contribution in [0.25, 0.3) is 0 Å². The van der Waals surface area contributed by atoms with Crippen molar-refractivity contribution in [2.45, 2.75) is 51.1 Å².